The van der Waals surface area contributed by atoms with Crippen LogP contribution in [0.4, 0.5) is 19.0 Å². The molecule has 0 aliphatic heterocycles. The zero-order chi connectivity index (χ0) is 17.9. The van der Waals surface area contributed by atoms with Crippen LogP contribution in [0.3, 0.4) is 0 Å². The Bertz CT molecular complexity index is 813. The SMILES string of the molecule is CCC(=O)Nc1c(C#N)cnn1-c1ccc(SC(F)(F)F)cc1Cl. The van der Waals surface area contributed by atoms with Gasteiger partial charge in [-0.2, -0.15) is 23.5 Å². The first-order valence-corrected chi connectivity index (χ1v) is 7.78. The number of benzene rings is 1. The fourth-order valence-electron chi connectivity index (χ4n) is 1.81. The summed E-state index contributed by atoms with van der Waals surface area (Å²) in [5.41, 5.74) is -4.07. The number of thioether (sulfide) groups is 1. The van der Waals surface area contributed by atoms with Gasteiger partial charge in [-0.25, -0.2) is 4.68 Å². The molecule has 5 nitrogen and oxygen atoms in total. The molecule has 1 aromatic carbocycles. The van der Waals surface area contributed by atoms with Gasteiger partial charge < -0.3 is 5.32 Å². The number of nitrogens with zero attached hydrogens (tertiary/aromatic N) is 3. The van der Waals surface area contributed by atoms with Crippen LogP contribution in [0.25, 0.3) is 5.69 Å². The number of carbonyl (C=O) groups is 1. The number of hydrogen-bond acceptors (Lipinski definition) is 4. The topological polar surface area (TPSA) is 70.7 Å². The highest BCUT2D eigenvalue weighted by molar-refractivity contribution is 8.00. The van der Waals surface area contributed by atoms with Crippen molar-refractivity contribution < 1.29 is 18.0 Å². The lowest BCUT2D eigenvalue weighted by Crippen LogP contribution is -2.14. The van der Waals surface area contributed by atoms with Gasteiger partial charge in [-0.15, -0.1) is 0 Å². The fourth-order valence-corrected chi connectivity index (χ4v) is 2.72. The standard InChI is InChI=1S/C14H10ClF3N4OS/c1-2-12(23)21-13-8(6-19)7-20-22(13)11-4-3-9(5-10(11)15)24-14(16,17)18/h3-5,7H,2H2,1H3,(H,21,23). The lowest BCUT2D eigenvalue weighted by molar-refractivity contribution is -0.115. The molecule has 0 bridgehead atoms. The lowest BCUT2D eigenvalue weighted by atomic mass is 10.3. The van der Waals surface area contributed by atoms with Crippen LogP contribution < -0.4 is 5.32 Å². The van der Waals surface area contributed by atoms with Crippen LogP contribution in [0.5, 0.6) is 0 Å². The smallest absolute Gasteiger partial charge is 0.309 e. The van der Waals surface area contributed by atoms with E-state index in [0.717, 1.165) is 6.07 Å². The molecule has 2 aromatic rings. The molecule has 0 aliphatic carbocycles. The minimum Gasteiger partial charge on any atom is -0.309 e. The molecule has 10 heteroatoms. The molecule has 2 rings (SSSR count). The lowest BCUT2D eigenvalue weighted by Gasteiger charge is -2.12. The van der Waals surface area contributed by atoms with E-state index in [2.05, 4.69) is 10.4 Å². The predicted molar refractivity (Wildman–Crippen MR) is 84.1 cm³/mol. The third kappa shape index (κ3) is 4.21. The van der Waals surface area contributed by atoms with Crippen LogP contribution in [0, 0.1) is 11.3 Å². The number of hydrogen-bond donors (Lipinski definition) is 1. The van der Waals surface area contributed by atoms with Gasteiger partial charge in [0.2, 0.25) is 5.91 Å². The van der Waals surface area contributed by atoms with Crippen molar-refractivity contribution in [1.82, 2.24) is 9.78 Å². The molecule has 0 fully saturated rings. The first-order chi connectivity index (χ1) is 11.2. The highest BCUT2D eigenvalue weighted by atomic mass is 35.5. The number of alkyl halides is 3. The van der Waals surface area contributed by atoms with Gasteiger partial charge in [-0.3, -0.25) is 4.79 Å². The van der Waals surface area contributed by atoms with Crippen LogP contribution in [0.15, 0.2) is 29.3 Å². The maximum absolute atomic E-state index is 12.4. The Morgan fingerprint density at radius 3 is 2.75 bits per heavy atom. The Labute approximate surface area is 144 Å². The van der Waals surface area contributed by atoms with Gasteiger partial charge in [0, 0.05) is 11.3 Å². The van der Waals surface area contributed by atoms with E-state index in [4.69, 9.17) is 16.9 Å². The predicted octanol–water partition coefficient (Wildman–Crippen LogP) is 4.36. The molecule has 0 radical (unpaired) electrons. The summed E-state index contributed by atoms with van der Waals surface area (Å²) in [6, 6.07) is 5.60. The zero-order valence-electron chi connectivity index (χ0n) is 12.2. The van der Waals surface area contributed by atoms with E-state index in [1.807, 2.05) is 6.07 Å². The molecular weight excluding hydrogens is 365 g/mol. The fraction of sp³-hybridized carbons (Fsp3) is 0.214. The average molecular weight is 375 g/mol. The van der Waals surface area contributed by atoms with Crippen molar-refractivity contribution in [1.29, 1.82) is 5.26 Å². The van der Waals surface area contributed by atoms with Gasteiger partial charge in [0.15, 0.2) is 5.82 Å². The van der Waals surface area contributed by atoms with Crippen LogP contribution in [0.2, 0.25) is 5.02 Å². The van der Waals surface area contributed by atoms with E-state index in [-0.39, 0.29) is 51.1 Å². The molecule has 0 saturated heterocycles. The molecule has 1 heterocycles. The Hall–Kier alpha value is -2.18. The molecule has 1 aromatic heterocycles. The van der Waals surface area contributed by atoms with E-state index >= 15 is 0 Å². The molecular formula is C14H10ClF3N4OS. The van der Waals surface area contributed by atoms with Gasteiger partial charge >= 0.3 is 5.51 Å². The summed E-state index contributed by atoms with van der Waals surface area (Å²) < 4.78 is 38.4. The Balaban J connectivity index is 2.44. The Morgan fingerprint density at radius 1 is 1.50 bits per heavy atom. The van der Waals surface area contributed by atoms with Gasteiger partial charge in [-0.1, -0.05) is 18.5 Å². The first kappa shape index (κ1) is 18.2. The molecule has 0 aliphatic rings. The number of anilines is 1. The Morgan fingerprint density at radius 2 is 2.21 bits per heavy atom. The van der Waals surface area contributed by atoms with E-state index < -0.39 is 5.51 Å². The van der Waals surface area contributed by atoms with Crippen molar-refractivity contribution in [3.8, 4) is 11.8 Å². The van der Waals surface area contributed by atoms with Crippen molar-refractivity contribution in [3.05, 3.63) is 35.0 Å². The highest BCUT2D eigenvalue weighted by Gasteiger charge is 2.29. The second-order valence-electron chi connectivity index (χ2n) is 4.49. The summed E-state index contributed by atoms with van der Waals surface area (Å²) in [6.07, 6.45) is 1.42. The number of nitrogens with one attached hydrogen (secondary N) is 1. The van der Waals surface area contributed by atoms with Gasteiger partial charge in [0.05, 0.1) is 16.9 Å². The normalized spacial score (nSPS) is 11.2. The molecule has 0 atom stereocenters. The molecule has 24 heavy (non-hydrogen) atoms. The van der Waals surface area contributed by atoms with Crippen LogP contribution in [0.1, 0.15) is 18.9 Å². The second kappa shape index (κ2) is 7.15. The number of carbonyl (C=O) groups excluding carboxylic acids is 1. The van der Waals surface area contributed by atoms with Crippen molar-refractivity contribution in [2.24, 2.45) is 0 Å². The summed E-state index contributed by atoms with van der Waals surface area (Å²) in [5.74, 6) is -0.226. The number of rotatable bonds is 4. The molecule has 126 valence electrons. The monoisotopic (exact) mass is 374 g/mol. The number of amides is 1. The summed E-state index contributed by atoms with van der Waals surface area (Å²) in [5, 5.41) is 15.6. The first-order valence-electron chi connectivity index (χ1n) is 6.58. The van der Waals surface area contributed by atoms with Gasteiger partial charge in [0.25, 0.3) is 0 Å². The quantitative estimate of drug-likeness (QED) is 0.807. The molecule has 0 saturated carbocycles. The summed E-state index contributed by atoms with van der Waals surface area (Å²) in [6.45, 7) is 1.64. The van der Waals surface area contributed by atoms with E-state index in [0.29, 0.717) is 0 Å². The molecule has 1 amide bonds. The van der Waals surface area contributed by atoms with Gasteiger partial charge in [0.1, 0.15) is 11.6 Å². The van der Waals surface area contributed by atoms with Gasteiger partial charge in [-0.05, 0) is 30.0 Å². The second-order valence-corrected chi connectivity index (χ2v) is 6.04. The van der Waals surface area contributed by atoms with Crippen molar-refractivity contribution in [2.75, 3.05) is 5.32 Å². The molecule has 0 unspecified atom stereocenters. The third-order valence-corrected chi connectivity index (χ3v) is 3.87. The largest absolute Gasteiger partial charge is 0.446 e. The number of halogens is 4. The van der Waals surface area contributed by atoms with Crippen molar-refractivity contribution in [3.63, 3.8) is 0 Å². The minimum atomic E-state index is -4.43. The number of aromatic nitrogens is 2. The zero-order valence-corrected chi connectivity index (χ0v) is 13.8. The highest BCUT2D eigenvalue weighted by Crippen LogP contribution is 2.39. The van der Waals surface area contributed by atoms with E-state index in [1.54, 1.807) is 6.92 Å². The summed E-state index contributed by atoms with van der Waals surface area (Å²) in [7, 11) is 0. The van der Waals surface area contributed by atoms with Crippen LogP contribution >= 0.6 is 23.4 Å². The molecule has 0 spiro atoms. The maximum atomic E-state index is 12.4. The molecule has 1 N–H and O–H groups in total. The summed E-state index contributed by atoms with van der Waals surface area (Å²) in [4.78, 5) is 11.5. The number of nitriles is 1. The van der Waals surface area contributed by atoms with E-state index in [1.165, 1.54) is 23.0 Å². The van der Waals surface area contributed by atoms with E-state index in [9.17, 15) is 18.0 Å². The summed E-state index contributed by atoms with van der Waals surface area (Å²) >= 11 is 5.76. The van der Waals surface area contributed by atoms with Crippen molar-refractivity contribution >= 4 is 35.1 Å². The minimum absolute atomic E-state index is 0.00355. The average Bonchev–Trinajstić information content (AvgIpc) is 2.88. The maximum Gasteiger partial charge on any atom is 0.446 e. The third-order valence-electron chi connectivity index (χ3n) is 2.85. The van der Waals surface area contributed by atoms with Crippen LogP contribution in [-0.2, 0) is 4.79 Å². The van der Waals surface area contributed by atoms with Crippen molar-refractivity contribution in [2.45, 2.75) is 23.7 Å². The Kier molecular flexibility index (Phi) is 5.41. The van der Waals surface area contributed by atoms with Crippen LogP contribution in [-0.4, -0.2) is 21.2 Å².